The highest BCUT2D eigenvalue weighted by molar-refractivity contribution is 6.32. The normalized spacial score (nSPS) is 20.4. The lowest BCUT2D eigenvalue weighted by molar-refractivity contribution is 0.100. The van der Waals surface area contributed by atoms with Crippen LogP contribution < -0.4 is 10.1 Å². The van der Waals surface area contributed by atoms with Crippen LogP contribution in [-0.4, -0.2) is 34.9 Å². The highest BCUT2D eigenvalue weighted by Gasteiger charge is 2.44. The molecule has 158 valence electrons. The molecule has 0 aromatic heterocycles. The molecule has 0 amide bonds. The van der Waals surface area contributed by atoms with Gasteiger partial charge in [-0.25, -0.2) is 15.0 Å². The topological polar surface area (TPSA) is 63.9 Å². The lowest BCUT2D eigenvalue weighted by Gasteiger charge is -2.36. The number of aliphatic imine (C=N–C) groups is 1. The average molecular weight is 426 g/mol. The highest BCUT2D eigenvalue weighted by atomic mass is 35.5. The molecule has 1 unspecified atom stereocenters. The van der Waals surface area contributed by atoms with Crippen molar-refractivity contribution in [2.24, 2.45) is 4.99 Å². The summed E-state index contributed by atoms with van der Waals surface area (Å²) in [6.07, 6.45) is 7.45. The van der Waals surface area contributed by atoms with Crippen LogP contribution in [0.15, 0.2) is 40.4 Å². The first-order valence-electron chi connectivity index (χ1n) is 10.7. The third-order valence-electron chi connectivity index (χ3n) is 6.26. The molecule has 1 fully saturated rings. The maximum absolute atomic E-state index is 10.1. The molecule has 1 aliphatic carbocycles. The Morgan fingerprint density at radius 3 is 2.73 bits per heavy atom. The summed E-state index contributed by atoms with van der Waals surface area (Å²) >= 11 is 6.64. The van der Waals surface area contributed by atoms with E-state index in [-0.39, 0.29) is 6.04 Å². The Bertz CT molecular complexity index is 986. The zero-order valence-electron chi connectivity index (χ0n) is 18.0. The van der Waals surface area contributed by atoms with Crippen molar-refractivity contribution in [3.8, 4) is 11.9 Å². The summed E-state index contributed by atoms with van der Waals surface area (Å²) in [4.78, 5) is 5.05. The predicted molar refractivity (Wildman–Crippen MR) is 119 cm³/mol. The number of methoxy groups -OCH3 is 1. The van der Waals surface area contributed by atoms with Gasteiger partial charge >= 0.3 is 0 Å². The van der Waals surface area contributed by atoms with Crippen LogP contribution >= 0.6 is 11.6 Å². The Morgan fingerprint density at radius 2 is 2.10 bits per heavy atom. The van der Waals surface area contributed by atoms with Gasteiger partial charge in [-0.3, -0.25) is 0 Å². The second kappa shape index (κ2) is 8.23. The molecular formula is C23H28ClN5O. The molecule has 7 heteroatoms. The number of ether oxygens (including phenoxy) is 1. The Kier molecular flexibility index (Phi) is 5.66. The van der Waals surface area contributed by atoms with Gasteiger partial charge in [-0.2, -0.15) is 5.26 Å². The average Bonchev–Trinajstić information content (AvgIpc) is 3.33. The van der Waals surface area contributed by atoms with E-state index in [1.54, 1.807) is 12.1 Å². The van der Waals surface area contributed by atoms with E-state index >= 15 is 0 Å². The lowest BCUT2D eigenvalue weighted by Crippen LogP contribution is -2.46. The number of nitriles is 1. The van der Waals surface area contributed by atoms with Crippen LogP contribution in [0.1, 0.15) is 58.4 Å². The molecule has 1 atom stereocenters. The number of rotatable bonds is 6. The van der Waals surface area contributed by atoms with E-state index in [1.165, 1.54) is 5.57 Å². The maximum atomic E-state index is 10.1. The molecule has 1 aromatic carbocycles. The first kappa shape index (κ1) is 20.6. The second-order valence-electron chi connectivity index (χ2n) is 7.91. The van der Waals surface area contributed by atoms with Crippen LogP contribution in [0.4, 0.5) is 0 Å². The summed E-state index contributed by atoms with van der Waals surface area (Å²) in [5.74, 6) is 2.51. The highest BCUT2D eigenvalue weighted by Crippen LogP contribution is 2.45. The summed E-state index contributed by atoms with van der Waals surface area (Å²) < 4.78 is 5.31. The zero-order valence-corrected chi connectivity index (χ0v) is 18.8. The largest absolute Gasteiger partial charge is 0.497 e. The minimum Gasteiger partial charge on any atom is -0.497 e. The summed E-state index contributed by atoms with van der Waals surface area (Å²) in [7, 11) is 1.62. The van der Waals surface area contributed by atoms with Crippen molar-refractivity contribution in [2.45, 2.75) is 65.0 Å². The van der Waals surface area contributed by atoms with Crippen molar-refractivity contribution in [3.05, 3.63) is 46.0 Å². The number of fused-ring (bicyclic) bond motifs is 2. The number of halogens is 1. The zero-order chi connectivity index (χ0) is 21.4. The van der Waals surface area contributed by atoms with Crippen LogP contribution in [0.2, 0.25) is 5.02 Å². The molecule has 1 saturated carbocycles. The number of hydrogen-bond donors (Lipinski definition) is 1. The summed E-state index contributed by atoms with van der Waals surface area (Å²) in [6, 6.07) is 5.83. The van der Waals surface area contributed by atoms with Crippen molar-refractivity contribution >= 4 is 22.9 Å². The molecule has 3 aliphatic rings. The number of hydrazine groups is 1. The Morgan fingerprint density at radius 1 is 1.33 bits per heavy atom. The number of nitrogens with one attached hydrogen (secondary N) is 1. The quantitative estimate of drug-likeness (QED) is 0.646. The predicted octanol–water partition coefficient (Wildman–Crippen LogP) is 5.05. The number of hydrogen-bond acceptors (Lipinski definition) is 6. The van der Waals surface area contributed by atoms with E-state index in [1.807, 2.05) is 30.1 Å². The molecule has 0 bridgehead atoms. The van der Waals surface area contributed by atoms with Gasteiger partial charge in [0, 0.05) is 28.5 Å². The molecule has 2 aliphatic heterocycles. The maximum Gasteiger partial charge on any atom is 0.201 e. The van der Waals surface area contributed by atoms with Gasteiger partial charge in [-0.1, -0.05) is 25.4 Å². The number of allylic oxidation sites excluding steroid dienone is 1. The number of nitrogens with zero attached hydrogens (tertiary/aromatic N) is 4. The minimum absolute atomic E-state index is 0.182. The fourth-order valence-corrected chi connectivity index (χ4v) is 4.81. The standard InChI is InChI=1S/C23H28ClN5O/c1-5-15(6-2)26-22-18-8-7-9-20(18)27-23-21(14(3)28(13-25)29(22)23)17-11-10-16(30-4)12-19(17)24/h10-12,14-15,26H,5-9H2,1-4H3. The van der Waals surface area contributed by atoms with Gasteiger partial charge in [-0.15, -0.1) is 0 Å². The Balaban J connectivity index is 1.89. The van der Waals surface area contributed by atoms with Crippen molar-refractivity contribution in [1.82, 2.24) is 15.3 Å². The van der Waals surface area contributed by atoms with Crippen molar-refractivity contribution in [1.29, 1.82) is 5.26 Å². The van der Waals surface area contributed by atoms with Crippen LogP contribution in [-0.2, 0) is 0 Å². The molecule has 1 aromatic rings. The van der Waals surface area contributed by atoms with Gasteiger partial charge in [0.1, 0.15) is 11.6 Å². The summed E-state index contributed by atoms with van der Waals surface area (Å²) in [5, 5.41) is 18.1. The molecule has 4 rings (SSSR count). The van der Waals surface area contributed by atoms with Gasteiger partial charge in [0.15, 0.2) is 5.82 Å². The Labute approximate surface area is 183 Å². The fourth-order valence-electron chi connectivity index (χ4n) is 4.53. The molecule has 2 heterocycles. The monoisotopic (exact) mass is 425 g/mol. The van der Waals surface area contributed by atoms with E-state index in [2.05, 4.69) is 25.4 Å². The van der Waals surface area contributed by atoms with E-state index in [0.29, 0.717) is 16.8 Å². The molecule has 0 radical (unpaired) electrons. The third kappa shape index (κ3) is 3.22. The van der Waals surface area contributed by atoms with E-state index < -0.39 is 0 Å². The van der Waals surface area contributed by atoms with Crippen molar-refractivity contribution < 1.29 is 4.74 Å². The molecule has 0 spiro atoms. The molecule has 0 saturated heterocycles. The summed E-state index contributed by atoms with van der Waals surface area (Å²) in [6.45, 7) is 6.40. The SMILES string of the molecule is CCC(CC)NC1=C2CCCC2=NC2=C(c3ccc(OC)cc3Cl)C(C)N(C#N)N21. The van der Waals surface area contributed by atoms with Crippen LogP contribution in [0.25, 0.3) is 5.57 Å². The van der Waals surface area contributed by atoms with Crippen molar-refractivity contribution in [2.75, 3.05) is 7.11 Å². The van der Waals surface area contributed by atoms with E-state index in [0.717, 1.165) is 60.6 Å². The van der Waals surface area contributed by atoms with Crippen LogP contribution in [0.3, 0.4) is 0 Å². The van der Waals surface area contributed by atoms with Crippen LogP contribution in [0, 0.1) is 11.5 Å². The molecule has 1 N–H and O–H groups in total. The first-order valence-corrected chi connectivity index (χ1v) is 11.1. The van der Waals surface area contributed by atoms with E-state index in [4.69, 9.17) is 21.3 Å². The van der Waals surface area contributed by atoms with Crippen molar-refractivity contribution in [3.63, 3.8) is 0 Å². The third-order valence-corrected chi connectivity index (χ3v) is 6.58. The van der Waals surface area contributed by atoms with Gasteiger partial charge in [-0.05, 0) is 57.2 Å². The van der Waals surface area contributed by atoms with E-state index in [9.17, 15) is 5.26 Å². The van der Waals surface area contributed by atoms with Gasteiger partial charge in [0.25, 0.3) is 0 Å². The van der Waals surface area contributed by atoms with Gasteiger partial charge in [0.2, 0.25) is 6.19 Å². The summed E-state index contributed by atoms with van der Waals surface area (Å²) in [5.41, 5.74) is 4.21. The van der Waals surface area contributed by atoms with Gasteiger partial charge in [0.05, 0.1) is 18.2 Å². The second-order valence-corrected chi connectivity index (χ2v) is 8.32. The molecule has 30 heavy (non-hydrogen) atoms. The lowest BCUT2D eigenvalue weighted by atomic mass is 9.99. The fraction of sp³-hybridized carbons (Fsp3) is 0.478. The Hall–Kier alpha value is -2.65. The minimum atomic E-state index is -0.182. The smallest absolute Gasteiger partial charge is 0.201 e. The van der Waals surface area contributed by atoms with Gasteiger partial charge < -0.3 is 10.1 Å². The van der Waals surface area contributed by atoms with Crippen LogP contribution in [0.5, 0.6) is 5.75 Å². The molecular weight excluding hydrogens is 398 g/mol. The molecule has 6 nitrogen and oxygen atoms in total. The number of benzene rings is 1. The first-order chi connectivity index (χ1) is 14.5.